The van der Waals surface area contributed by atoms with E-state index in [1.165, 1.54) is 7.11 Å². The minimum atomic E-state index is -1.53. The number of rotatable bonds is 5. The molecule has 0 saturated carbocycles. The van der Waals surface area contributed by atoms with E-state index in [9.17, 15) is 5.11 Å². The zero-order chi connectivity index (χ0) is 10.6. The van der Waals surface area contributed by atoms with Crippen LogP contribution in [0.25, 0.3) is 0 Å². The van der Waals surface area contributed by atoms with Crippen molar-refractivity contribution in [1.29, 1.82) is 0 Å². The van der Waals surface area contributed by atoms with E-state index in [0.717, 1.165) is 6.42 Å². The average molecular weight is 201 g/mol. The molecule has 0 bridgehead atoms. The quantitative estimate of drug-likeness (QED) is 0.657. The fraction of sp³-hybridized carbons (Fsp3) is 0.750. The highest BCUT2D eigenvalue weighted by Crippen LogP contribution is 2.19. The van der Waals surface area contributed by atoms with E-state index < -0.39 is 5.72 Å². The first-order valence-corrected chi connectivity index (χ1v) is 4.43. The summed E-state index contributed by atoms with van der Waals surface area (Å²) in [6.07, 6.45) is 1.11. The first kappa shape index (κ1) is 11.1. The predicted molar refractivity (Wildman–Crippen MR) is 48.0 cm³/mol. The van der Waals surface area contributed by atoms with Gasteiger partial charge in [-0.1, -0.05) is 13.3 Å². The van der Waals surface area contributed by atoms with Gasteiger partial charge in [-0.3, -0.25) is 5.73 Å². The van der Waals surface area contributed by atoms with Gasteiger partial charge in [0, 0.05) is 7.11 Å². The van der Waals surface area contributed by atoms with Crippen molar-refractivity contribution in [3.63, 3.8) is 0 Å². The largest absolute Gasteiger partial charge is 0.418 e. The van der Waals surface area contributed by atoms with E-state index in [2.05, 4.69) is 10.2 Å². The van der Waals surface area contributed by atoms with E-state index in [1.54, 1.807) is 0 Å². The van der Waals surface area contributed by atoms with Gasteiger partial charge in [-0.15, -0.1) is 10.2 Å². The molecule has 0 radical (unpaired) electrons. The van der Waals surface area contributed by atoms with Crippen molar-refractivity contribution in [1.82, 2.24) is 10.2 Å². The second-order valence-corrected chi connectivity index (χ2v) is 3.11. The highest BCUT2D eigenvalue weighted by molar-refractivity contribution is 4.92. The Balaban J connectivity index is 2.74. The van der Waals surface area contributed by atoms with E-state index in [1.807, 2.05) is 6.92 Å². The van der Waals surface area contributed by atoms with Crippen molar-refractivity contribution in [3.8, 4) is 0 Å². The van der Waals surface area contributed by atoms with Crippen LogP contribution in [0.5, 0.6) is 0 Å². The van der Waals surface area contributed by atoms with Crippen LogP contribution in [-0.4, -0.2) is 22.4 Å². The average Bonchev–Trinajstić information content (AvgIpc) is 2.54. The SMILES string of the molecule is CCCC(N)(O)c1nnc(COC)o1. The van der Waals surface area contributed by atoms with Crippen molar-refractivity contribution in [2.75, 3.05) is 7.11 Å². The summed E-state index contributed by atoms with van der Waals surface area (Å²) in [5.74, 6) is 0.342. The van der Waals surface area contributed by atoms with Crippen LogP contribution in [0.15, 0.2) is 4.42 Å². The van der Waals surface area contributed by atoms with Gasteiger partial charge >= 0.3 is 0 Å². The second kappa shape index (κ2) is 4.50. The molecule has 1 heterocycles. The van der Waals surface area contributed by atoms with Crippen LogP contribution in [0.3, 0.4) is 0 Å². The molecule has 1 unspecified atom stereocenters. The summed E-state index contributed by atoms with van der Waals surface area (Å²) >= 11 is 0. The third-order valence-electron chi connectivity index (χ3n) is 1.74. The van der Waals surface area contributed by atoms with Gasteiger partial charge in [-0.25, -0.2) is 0 Å². The topological polar surface area (TPSA) is 94.4 Å². The molecule has 0 aromatic carbocycles. The number of aromatic nitrogens is 2. The molecule has 1 atom stereocenters. The Morgan fingerprint density at radius 1 is 1.57 bits per heavy atom. The monoisotopic (exact) mass is 201 g/mol. The van der Waals surface area contributed by atoms with Gasteiger partial charge in [-0.2, -0.15) is 0 Å². The molecule has 0 fully saturated rings. The Morgan fingerprint density at radius 2 is 2.29 bits per heavy atom. The van der Waals surface area contributed by atoms with Gasteiger partial charge in [0.1, 0.15) is 6.61 Å². The number of methoxy groups -OCH3 is 1. The second-order valence-electron chi connectivity index (χ2n) is 3.11. The maximum absolute atomic E-state index is 9.71. The van der Waals surface area contributed by atoms with Crippen LogP contribution in [0, 0.1) is 0 Å². The number of nitrogens with two attached hydrogens (primary N) is 1. The molecule has 0 amide bonds. The van der Waals surface area contributed by atoms with Crippen LogP contribution in [0.4, 0.5) is 0 Å². The molecule has 0 saturated heterocycles. The molecule has 1 aromatic rings. The number of ether oxygens (including phenoxy) is 1. The highest BCUT2D eigenvalue weighted by atomic mass is 16.5. The van der Waals surface area contributed by atoms with E-state index in [0.29, 0.717) is 12.3 Å². The summed E-state index contributed by atoms with van der Waals surface area (Å²) in [7, 11) is 1.52. The molecule has 0 spiro atoms. The zero-order valence-electron chi connectivity index (χ0n) is 8.36. The first-order valence-electron chi connectivity index (χ1n) is 4.43. The van der Waals surface area contributed by atoms with Crippen molar-refractivity contribution in [3.05, 3.63) is 11.8 Å². The lowest BCUT2D eigenvalue weighted by Crippen LogP contribution is -2.36. The summed E-state index contributed by atoms with van der Waals surface area (Å²) in [6, 6.07) is 0. The highest BCUT2D eigenvalue weighted by Gasteiger charge is 2.29. The van der Waals surface area contributed by atoms with Crippen molar-refractivity contribution in [2.24, 2.45) is 5.73 Å². The van der Waals surface area contributed by atoms with Gasteiger partial charge in [0.2, 0.25) is 5.89 Å². The van der Waals surface area contributed by atoms with Gasteiger partial charge < -0.3 is 14.3 Å². The van der Waals surface area contributed by atoms with Crippen molar-refractivity contribution >= 4 is 0 Å². The molecular weight excluding hydrogens is 186 g/mol. The predicted octanol–water partition coefficient (Wildman–Crippen LogP) is 0.120. The summed E-state index contributed by atoms with van der Waals surface area (Å²) in [5.41, 5.74) is 4.04. The fourth-order valence-electron chi connectivity index (χ4n) is 1.10. The molecule has 80 valence electrons. The van der Waals surface area contributed by atoms with Gasteiger partial charge in [0.15, 0.2) is 5.72 Å². The maximum atomic E-state index is 9.71. The standard InChI is InChI=1S/C8H15N3O3/c1-3-4-8(9,12)7-11-10-6(14-7)5-13-2/h12H,3-5,9H2,1-2H3. The minimum absolute atomic E-state index is 0.0337. The summed E-state index contributed by atoms with van der Waals surface area (Å²) in [4.78, 5) is 0. The minimum Gasteiger partial charge on any atom is -0.418 e. The van der Waals surface area contributed by atoms with Crippen molar-refractivity contribution < 1.29 is 14.3 Å². The smallest absolute Gasteiger partial charge is 0.263 e. The molecule has 1 aromatic heterocycles. The van der Waals surface area contributed by atoms with Crippen LogP contribution < -0.4 is 5.73 Å². The van der Waals surface area contributed by atoms with Crippen molar-refractivity contribution in [2.45, 2.75) is 32.1 Å². The van der Waals surface area contributed by atoms with Gasteiger partial charge in [0.25, 0.3) is 5.89 Å². The zero-order valence-corrected chi connectivity index (χ0v) is 8.36. The molecule has 0 aliphatic rings. The fourth-order valence-corrected chi connectivity index (χ4v) is 1.10. The molecule has 6 heteroatoms. The molecule has 0 aliphatic heterocycles. The Labute approximate surface area is 82.1 Å². The first-order chi connectivity index (χ1) is 6.60. The molecule has 1 rings (SSSR count). The molecule has 14 heavy (non-hydrogen) atoms. The van der Waals surface area contributed by atoms with Crippen LogP contribution in [-0.2, 0) is 17.1 Å². The lowest BCUT2D eigenvalue weighted by molar-refractivity contribution is 0.00382. The lowest BCUT2D eigenvalue weighted by atomic mass is 10.1. The van der Waals surface area contributed by atoms with E-state index in [4.69, 9.17) is 14.9 Å². The summed E-state index contributed by atoms with van der Waals surface area (Å²) in [5, 5.41) is 17.0. The third kappa shape index (κ3) is 2.50. The van der Waals surface area contributed by atoms with Gasteiger partial charge in [-0.05, 0) is 6.42 Å². The maximum Gasteiger partial charge on any atom is 0.263 e. The Kier molecular flexibility index (Phi) is 3.56. The Bertz CT molecular complexity index is 285. The van der Waals surface area contributed by atoms with Crippen LogP contribution >= 0.6 is 0 Å². The number of aliphatic hydroxyl groups is 1. The Hall–Kier alpha value is -0.980. The van der Waals surface area contributed by atoms with E-state index >= 15 is 0 Å². The number of hydrogen-bond donors (Lipinski definition) is 2. The number of hydrogen-bond acceptors (Lipinski definition) is 6. The molecular formula is C8H15N3O3. The van der Waals surface area contributed by atoms with Crippen LogP contribution in [0.2, 0.25) is 0 Å². The third-order valence-corrected chi connectivity index (χ3v) is 1.74. The molecule has 0 aliphatic carbocycles. The lowest BCUT2D eigenvalue weighted by Gasteiger charge is -2.16. The van der Waals surface area contributed by atoms with Crippen LogP contribution in [0.1, 0.15) is 31.5 Å². The normalized spacial score (nSPS) is 15.4. The number of nitrogens with zero attached hydrogens (tertiary/aromatic N) is 2. The molecule has 3 N–H and O–H groups in total. The van der Waals surface area contributed by atoms with Gasteiger partial charge in [0.05, 0.1) is 0 Å². The molecule has 6 nitrogen and oxygen atoms in total. The Morgan fingerprint density at radius 3 is 2.86 bits per heavy atom. The summed E-state index contributed by atoms with van der Waals surface area (Å²) < 4.78 is 9.91. The summed E-state index contributed by atoms with van der Waals surface area (Å²) in [6.45, 7) is 2.12. The van der Waals surface area contributed by atoms with E-state index in [-0.39, 0.29) is 12.5 Å².